The molecule has 4 bridgehead atoms. The first-order valence-electron chi connectivity index (χ1n) is 9.83. The fourth-order valence-electron chi connectivity index (χ4n) is 7.00. The second-order valence-electron chi connectivity index (χ2n) is 9.33. The minimum Gasteiger partial charge on any atom is -0.258 e. The van der Waals surface area contributed by atoms with Crippen LogP contribution in [-0.4, -0.2) is 33.1 Å². The Hall–Kier alpha value is 1.58. The van der Waals surface area contributed by atoms with Gasteiger partial charge in [-0.05, 0) is 11.1 Å². The van der Waals surface area contributed by atoms with Crippen molar-refractivity contribution >= 4 is 145 Å². The second-order valence-corrected chi connectivity index (χ2v) is 15.9. The number of benzene rings is 1. The summed E-state index contributed by atoms with van der Waals surface area (Å²) in [5.41, 5.74) is 0.669. The summed E-state index contributed by atoms with van der Waals surface area (Å²) in [6, 6.07) is 4.20. The number of hydrogen-bond donors (Lipinski definition) is 0. The average Bonchev–Trinajstić information content (AvgIpc) is 3.13. The SMILES string of the molecule is O=[N+]([O-])c1ccc2c(c1)[C@@H]1[C@H]([C@@H]3[C@@H]2[C@]2(Cl)C(Cl)=C(Cl)[C@]3(Cl)C2(Cl)Cl)[C@]2(Cl)C(Cl)=C(Cl)[C@]1(Cl)C2(Cl)Cl. The summed E-state index contributed by atoms with van der Waals surface area (Å²) < 4.78 is -3.93. The van der Waals surface area contributed by atoms with Crippen LogP contribution in [0.25, 0.3) is 0 Å². The predicted molar refractivity (Wildman–Crippen MR) is 146 cm³/mol. The van der Waals surface area contributed by atoms with Gasteiger partial charge < -0.3 is 0 Å². The zero-order valence-corrected chi connectivity index (χ0v) is 25.4. The van der Waals surface area contributed by atoms with Gasteiger partial charge in [0.15, 0.2) is 8.67 Å². The highest BCUT2D eigenvalue weighted by atomic mass is 35.5. The van der Waals surface area contributed by atoms with E-state index in [1.54, 1.807) is 0 Å². The fourth-order valence-corrected chi connectivity index (χ4v) is 13.1. The molecule has 188 valence electrons. The molecule has 35 heavy (non-hydrogen) atoms. The molecule has 0 radical (unpaired) electrons. The third kappa shape index (κ3) is 2.35. The number of rotatable bonds is 1. The number of allylic oxidation sites excluding steroid dienone is 4. The van der Waals surface area contributed by atoms with E-state index in [-0.39, 0.29) is 25.8 Å². The fraction of sp³-hybridized carbons (Fsp3) is 0.500. The van der Waals surface area contributed by atoms with Gasteiger partial charge in [-0.2, -0.15) is 0 Å². The molecule has 0 N–H and O–H groups in total. The standard InChI is InChI=1S/C20H7Cl12NO2/c21-11-13(23)17(27)9-7(15(11,25)19(17,29)30)5-2-1-4(33(34)35)3-6(5)8-10(9)18(28)14(24)12(22)16(8,26)20(18,31)32/h1-3,7-10H/t7-,8-,9+,10-,15+,16+,17+,18+/m1/s1. The number of hydrogen-bond acceptors (Lipinski definition) is 2. The van der Waals surface area contributed by atoms with Crippen molar-refractivity contribution in [3.63, 3.8) is 0 Å². The Balaban J connectivity index is 1.79. The van der Waals surface area contributed by atoms with Crippen molar-refractivity contribution in [1.82, 2.24) is 0 Å². The Labute approximate surface area is 258 Å². The first-order valence-corrected chi connectivity index (χ1v) is 14.4. The molecule has 15 heteroatoms. The van der Waals surface area contributed by atoms with E-state index in [1.165, 1.54) is 18.2 Å². The lowest BCUT2D eigenvalue weighted by Crippen LogP contribution is -2.53. The van der Waals surface area contributed by atoms with Crippen LogP contribution in [0, 0.1) is 22.0 Å². The molecule has 2 fully saturated rings. The largest absolute Gasteiger partial charge is 0.269 e. The lowest BCUT2D eigenvalue weighted by atomic mass is 9.57. The number of alkyl halides is 8. The normalized spacial score (nSPS) is 47.8. The zero-order chi connectivity index (χ0) is 26.0. The van der Waals surface area contributed by atoms with Crippen molar-refractivity contribution in [3.8, 4) is 0 Å². The average molecular weight is 719 g/mol. The van der Waals surface area contributed by atoms with Gasteiger partial charge in [-0.3, -0.25) is 10.1 Å². The van der Waals surface area contributed by atoms with Crippen molar-refractivity contribution in [3.05, 3.63) is 59.6 Å². The summed E-state index contributed by atoms with van der Waals surface area (Å²) in [4.78, 5) is 4.05. The van der Waals surface area contributed by atoms with E-state index in [1.807, 2.05) is 0 Å². The molecule has 1 aromatic carbocycles. The Morgan fingerprint density at radius 1 is 0.629 bits per heavy atom. The quantitative estimate of drug-likeness (QED) is 0.165. The number of halogens is 12. The summed E-state index contributed by atoms with van der Waals surface area (Å²) in [7, 11) is 0. The van der Waals surface area contributed by atoms with Crippen LogP contribution in [0.4, 0.5) is 5.69 Å². The van der Waals surface area contributed by atoms with Crippen LogP contribution in [0.5, 0.6) is 0 Å². The molecule has 0 aromatic heterocycles. The molecule has 2 saturated carbocycles. The van der Waals surface area contributed by atoms with E-state index in [0.717, 1.165) is 0 Å². The van der Waals surface area contributed by atoms with Crippen LogP contribution < -0.4 is 0 Å². The maximum Gasteiger partial charge on any atom is 0.269 e. The molecule has 0 heterocycles. The summed E-state index contributed by atoms with van der Waals surface area (Å²) in [6.07, 6.45) is 0. The molecule has 6 rings (SSSR count). The molecule has 5 aliphatic rings. The molecule has 0 spiro atoms. The molecule has 3 nitrogen and oxygen atoms in total. The Kier molecular flexibility index (Phi) is 5.55. The molecule has 0 amide bonds. The van der Waals surface area contributed by atoms with Gasteiger partial charge in [0.2, 0.25) is 0 Å². The monoisotopic (exact) mass is 713 g/mol. The number of fused-ring (bicyclic) bond motifs is 14. The van der Waals surface area contributed by atoms with Gasteiger partial charge in [-0.15, -0.1) is 46.4 Å². The van der Waals surface area contributed by atoms with Gasteiger partial charge >= 0.3 is 0 Å². The Morgan fingerprint density at radius 2 is 1.00 bits per heavy atom. The van der Waals surface area contributed by atoms with Crippen molar-refractivity contribution in [2.24, 2.45) is 11.8 Å². The first-order chi connectivity index (χ1) is 15.9. The van der Waals surface area contributed by atoms with E-state index in [9.17, 15) is 10.1 Å². The van der Waals surface area contributed by atoms with E-state index in [4.69, 9.17) is 139 Å². The van der Waals surface area contributed by atoms with Crippen molar-refractivity contribution in [2.75, 3.05) is 0 Å². The zero-order valence-electron chi connectivity index (χ0n) is 16.3. The molecular formula is C20H7Cl12NO2. The van der Waals surface area contributed by atoms with Gasteiger partial charge in [0, 0.05) is 35.8 Å². The van der Waals surface area contributed by atoms with Crippen LogP contribution in [0.3, 0.4) is 0 Å². The molecule has 8 atom stereocenters. The Bertz CT molecular complexity index is 1340. The van der Waals surface area contributed by atoms with E-state index in [0.29, 0.717) is 11.1 Å². The maximum absolute atomic E-state index is 11.7. The number of non-ortho nitro benzene ring substituents is 1. The summed E-state index contributed by atoms with van der Waals surface area (Å²) in [6.45, 7) is 0. The molecule has 5 aliphatic carbocycles. The van der Waals surface area contributed by atoms with Gasteiger partial charge in [0.05, 0.1) is 25.1 Å². The molecule has 0 saturated heterocycles. The van der Waals surface area contributed by atoms with Crippen LogP contribution in [-0.2, 0) is 0 Å². The molecule has 0 unspecified atom stereocenters. The van der Waals surface area contributed by atoms with Crippen LogP contribution in [0.1, 0.15) is 23.0 Å². The first kappa shape index (κ1) is 26.8. The lowest BCUT2D eigenvalue weighted by Gasteiger charge is -2.52. The van der Waals surface area contributed by atoms with Gasteiger partial charge in [0.25, 0.3) is 5.69 Å². The smallest absolute Gasteiger partial charge is 0.258 e. The number of nitro benzene ring substituents is 1. The van der Waals surface area contributed by atoms with Crippen LogP contribution >= 0.6 is 139 Å². The molecule has 1 aromatic rings. The predicted octanol–water partition coefficient (Wildman–Crippen LogP) is 9.70. The minimum absolute atomic E-state index is 0.0418. The van der Waals surface area contributed by atoms with E-state index >= 15 is 0 Å². The highest BCUT2D eigenvalue weighted by molar-refractivity contribution is 6.67. The molecule has 0 aliphatic heterocycles. The van der Waals surface area contributed by atoms with Crippen LogP contribution in [0.15, 0.2) is 38.3 Å². The van der Waals surface area contributed by atoms with Gasteiger partial charge in [-0.25, -0.2) is 0 Å². The van der Waals surface area contributed by atoms with E-state index in [2.05, 4.69) is 0 Å². The van der Waals surface area contributed by atoms with Crippen molar-refractivity contribution < 1.29 is 4.92 Å². The minimum atomic E-state index is -1.99. The lowest BCUT2D eigenvalue weighted by molar-refractivity contribution is -0.385. The van der Waals surface area contributed by atoms with Crippen molar-refractivity contribution in [2.45, 2.75) is 40.0 Å². The third-order valence-electron chi connectivity index (χ3n) is 8.32. The molecular weight excluding hydrogens is 712 g/mol. The third-order valence-corrected chi connectivity index (χ3v) is 16.9. The summed E-state index contributed by atoms with van der Waals surface area (Å²) in [5.74, 6) is -3.52. The summed E-state index contributed by atoms with van der Waals surface area (Å²) in [5, 5.41) is 11.4. The highest BCUT2D eigenvalue weighted by Crippen LogP contribution is 2.88. The van der Waals surface area contributed by atoms with E-state index < -0.39 is 56.8 Å². The number of nitro groups is 1. The second kappa shape index (κ2) is 7.25. The maximum atomic E-state index is 11.7. The van der Waals surface area contributed by atoms with Gasteiger partial charge in [-0.1, -0.05) is 98.9 Å². The summed E-state index contributed by atoms with van der Waals surface area (Å²) >= 11 is 82.9. The van der Waals surface area contributed by atoms with Crippen LogP contribution in [0.2, 0.25) is 0 Å². The highest BCUT2D eigenvalue weighted by Gasteiger charge is 2.91. The van der Waals surface area contributed by atoms with Gasteiger partial charge in [0.1, 0.15) is 19.5 Å². The topological polar surface area (TPSA) is 43.1 Å². The van der Waals surface area contributed by atoms with Crippen molar-refractivity contribution in [1.29, 1.82) is 0 Å². The Morgan fingerprint density at radius 3 is 1.40 bits per heavy atom. The number of nitrogens with zero attached hydrogens (tertiary/aromatic N) is 1.